The number of piperidine rings is 1. The molecule has 2 N–H and O–H groups in total. The minimum Gasteiger partial charge on any atom is -0.475 e. The highest BCUT2D eigenvalue weighted by Gasteiger charge is 2.45. The first kappa shape index (κ1) is 27.6. The molecule has 9 nitrogen and oxygen atoms in total. The molecule has 1 aromatic carbocycles. The highest BCUT2D eigenvalue weighted by molar-refractivity contribution is 6.39. The van der Waals surface area contributed by atoms with Gasteiger partial charge in [0.25, 0.3) is 5.91 Å². The summed E-state index contributed by atoms with van der Waals surface area (Å²) in [6.45, 7) is 1.34. The van der Waals surface area contributed by atoms with E-state index in [1.807, 2.05) is 12.1 Å². The fraction of sp³-hybridized carbons (Fsp3) is 0.375. The molecule has 1 aromatic heterocycles. The summed E-state index contributed by atoms with van der Waals surface area (Å²) in [5.74, 6) is -3.48. The van der Waals surface area contributed by atoms with Gasteiger partial charge in [0.05, 0.1) is 13.0 Å². The maximum absolute atomic E-state index is 13.4. The number of benzene rings is 1. The van der Waals surface area contributed by atoms with E-state index in [9.17, 15) is 27.2 Å². The second kappa shape index (κ2) is 11.8. The molecule has 1 fully saturated rings. The lowest BCUT2D eigenvalue weighted by Crippen LogP contribution is -2.51. The molecular weight excluding hydrogens is 500 g/mol. The van der Waals surface area contributed by atoms with E-state index in [1.54, 1.807) is 29.4 Å². The summed E-state index contributed by atoms with van der Waals surface area (Å²) in [4.78, 5) is 45.5. The van der Waals surface area contributed by atoms with Crippen molar-refractivity contribution in [1.82, 2.24) is 15.2 Å². The Morgan fingerprint density at radius 2 is 1.89 bits per heavy atom. The van der Waals surface area contributed by atoms with Gasteiger partial charge in [0.2, 0.25) is 5.91 Å². The average molecular weight is 524 g/mol. The number of rotatable bonds is 5. The monoisotopic (exact) mass is 524 g/mol. The van der Waals surface area contributed by atoms with Crippen LogP contribution in [0.4, 0.5) is 17.6 Å². The number of oxime groups is 1. The van der Waals surface area contributed by atoms with Crippen molar-refractivity contribution >= 4 is 23.5 Å². The lowest BCUT2D eigenvalue weighted by atomic mass is 9.87. The first-order valence-corrected chi connectivity index (χ1v) is 11.2. The van der Waals surface area contributed by atoms with Gasteiger partial charge in [-0.2, -0.15) is 13.2 Å². The lowest BCUT2D eigenvalue weighted by molar-refractivity contribution is -0.192. The number of carbonyl (C=O) groups excluding carboxylic acids is 2. The quantitative estimate of drug-likeness (QED) is 0.581. The molecule has 37 heavy (non-hydrogen) atoms. The normalized spacial score (nSPS) is 18.8. The molecule has 0 radical (unpaired) electrons. The van der Waals surface area contributed by atoms with E-state index < -0.39 is 17.7 Å². The zero-order valence-corrected chi connectivity index (χ0v) is 19.5. The van der Waals surface area contributed by atoms with Crippen molar-refractivity contribution in [1.29, 1.82) is 0 Å². The second-order valence-electron chi connectivity index (χ2n) is 8.56. The predicted octanol–water partition coefficient (Wildman–Crippen LogP) is 2.85. The smallest absolute Gasteiger partial charge is 0.475 e. The third-order valence-corrected chi connectivity index (χ3v) is 5.66. The van der Waals surface area contributed by atoms with Crippen LogP contribution in [0, 0.1) is 5.82 Å². The van der Waals surface area contributed by atoms with E-state index in [1.165, 1.54) is 12.1 Å². The number of amides is 2. The first-order valence-electron chi connectivity index (χ1n) is 11.2. The van der Waals surface area contributed by atoms with E-state index in [2.05, 4.69) is 15.5 Å². The molecule has 2 amide bonds. The summed E-state index contributed by atoms with van der Waals surface area (Å²) >= 11 is 0. The Labute approximate surface area is 209 Å². The molecular formula is C24H24F4N4O5. The molecule has 0 aliphatic carbocycles. The fourth-order valence-electron chi connectivity index (χ4n) is 3.89. The Hall–Kier alpha value is -4.03. The van der Waals surface area contributed by atoms with Crippen LogP contribution in [0.2, 0.25) is 0 Å². The van der Waals surface area contributed by atoms with Crippen LogP contribution in [-0.2, 0) is 32.2 Å². The summed E-state index contributed by atoms with van der Waals surface area (Å²) in [5, 5.41) is 14.0. The number of carboxylic acids is 1. The molecule has 4 rings (SSSR count). The van der Waals surface area contributed by atoms with Crippen molar-refractivity contribution in [3.8, 4) is 0 Å². The van der Waals surface area contributed by atoms with Gasteiger partial charge in [-0.25, -0.2) is 9.18 Å². The van der Waals surface area contributed by atoms with Gasteiger partial charge >= 0.3 is 12.1 Å². The summed E-state index contributed by atoms with van der Waals surface area (Å²) in [6.07, 6.45) is 0.254. The number of aliphatic carboxylic acids is 1. The van der Waals surface area contributed by atoms with E-state index in [4.69, 9.17) is 14.7 Å². The number of halogens is 4. The van der Waals surface area contributed by atoms with Crippen LogP contribution in [0.3, 0.4) is 0 Å². The first-order chi connectivity index (χ1) is 17.5. The van der Waals surface area contributed by atoms with Crippen LogP contribution in [0.15, 0.2) is 53.9 Å². The fourth-order valence-corrected chi connectivity index (χ4v) is 3.89. The van der Waals surface area contributed by atoms with Gasteiger partial charge in [-0.1, -0.05) is 23.4 Å². The number of likely N-dealkylation sites (tertiary alicyclic amines) is 1. The van der Waals surface area contributed by atoms with E-state index in [0.717, 1.165) is 18.4 Å². The Balaban J connectivity index is 0.000000479. The number of hydrogen-bond donors (Lipinski definition) is 2. The van der Waals surface area contributed by atoms with Gasteiger partial charge in [-0.3, -0.25) is 14.6 Å². The molecule has 0 bridgehead atoms. The van der Waals surface area contributed by atoms with E-state index in [0.29, 0.717) is 37.3 Å². The van der Waals surface area contributed by atoms with Crippen LogP contribution < -0.4 is 5.32 Å². The predicted molar refractivity (Wildman–Crippen MR) is 122 cm³/mol. The van der Waals surface area contributed by atoms with Crippen molar-refractivity contribution in [2.24, 2.45) is 5.16 Å². The summed E-state index contributed by atoms with van der Waals surface area (Å²) in [6, 6.07) is 9.75. The number of hydrogen-bond acceptors (Lipinski definition) is 6. The average Bonchev–Trinajstić information content (AvgIpc) is 3.26. The number of alkyl halides is 3. The van der Waals surface area contributed by atoms with E-state index >= 15 is 0 Å². The van der Waals surface area contributed by atoms with Crippen LogP contribution in [0.5, 0.6) is 0 Å². The van der Waals surface area contributed by atoms with Gasteiger partial charge in [0.1, 0.15) is 11.5 Å². The van der Waals surface area contributed by atoms with Gasteiger partial charge in [-0.05, 0) is 42.2 Å². The highest BCUT2D eigenvalue weighted by atomic mass is 19.4. The molecule has 1 saturated heterocycles. The molecule has 198 valence electrons. The third kappa shape index (κ3) is 7.98. The summed E-state index contributed by atoms with van der Waals surface area (Å²) in [7, 11) is 0. The SMILES string of the molecule is O=C(NCc1cccnc1)C1=NOC2(CCCN(C(=O)Cc3cccc(F)c3)C2)C1.O=C(O)C(F)(F)F. The molecule has 1 atom stereocenters. The van der Waals surface area contributed by atoms with Crippen molar-refractivity contribution in [2.75, 3.05) is 13.1 Å². The number of nitrogens with one attached hydrogen (secondary N) is 1. The van der Waals surface area contributed by atoms with E-state index in [-0.39, 0.29) is 24.1 Å². The Bertz CT molecular complexity index is 1160. The molecule has 1 spiro atoms. The lowest BCUT2D eigenvalue weighted by Gasteiger charge is -2.38. The van der Waals surface area contributed by atoms with Gasteiger partial charge in [-0.15, -0.1) is 0 Å². The van der Waals surface area contributed by atoms with Gasteiger partial charge in [0, 0.05) is 31.9 Å². The molecule has 0 saturated carbocycles. The summed E-state index contributed by atoms with van der Waals surface area (Å²) < 4.78 is 45.1. The Morgan fingerprint density at radius 3 is 2.54 bits per heavy atom. The number of carboxylic acid groups (broad SMARTS) is 1. The van der Waals surface area contributed by atoms with Gasteiger partial charge < -0.3 is 20.2 Å². The number of pyridine rings is 1. The molecule has 3 heterocycles. The molecule has 2 aliphatic heterocycles. The van der Waals surface area contributed by atoms with Crippen molar-refractivity contribution < 1.29 is 41.9 Å². The highest BCUT2D eigenvalue weighted by Crippen LogP contribution is 2.33. The number of nitrogens with zero attached hydrogens (tertiary/aromatic N) is 3. The van der Waals surface area contributed by atoms with Crippen molar-refractivity contribution in [2.45, 2.75) is 44.0 Å². The minimum atomic E-state index is -5.08. The Kier molecular flexibility index (Phi) is 8.79. The molecule has 2 aliphatic rings. The van der Waals surface area contributed by atoms with Crippen LogP contribution in [0.25, 0.3) is 0 Å². The zero-order valence-electron chi connectivity index (χ0n) is 19.5. The topological polar surface area (TPSA) is 121 Å². The van der Waals surface area contributed by atoms with Gasteiger partial charge in [0.15, 0.2) is 5.60 Å². The zero-order chi connectivity index (χ0) is 27.1. The number of carbonyl (C=O) groups is 3. The van der Waals surface area contributed by atoms with Crippen molar-refractivity contribution in [3.63, 3.8) is 0 Å². The second-order valence-corrected chi connectivity index (χ2v) is 8.56. The minimum absolute atomic E-state index is 0.0854. The molecule has 1 unspecified atom stereocenters. The number of aromatic nitrogens is 1. The van der Waals surface area contributed by atoms with Crippen LogP contribution in [-0.4, -0.2) is 63.4 Å². The van der Waals surface area contributed by atoms with Crippen LogP contribution in [0.1, 0.15) is 30.4 Å². The molecule has 13 heteroatoms. The Morgan fingerprint density at radius 1 is 1.16 bits per heavy atom. The standard InChI is InChI=1S/C22H23FN4O3.C2HF3O2/c23-18-6-1-4-16(10-18)11-20(28)27-9-3-7-22(15-27)12-19(26-30-22)21(29)25-14-17-5-2-8-24-13-17;3-2(4,5)1(6)7/h1-2,4-6,8,10,13H,3,7,9,11-12,14-15H2,(H,25,29);(H,6,7). The largest absolute Gasteiger partial charge is 0.490 e. The van der Waals surface area contributed by atoms with Crippen LogP contribution >= 0.6 is 0 Å². The maximum Gasteiger partial charge on any atom is 0.490 e. The van der Waals surface area contributed by atoms with Crippen molar-refractivity contribution in [3.05, 3.63) is 65.7 Å². The molecule has 2 aromatic rings. The summed E-state index contributed by atoms with van der Waals surface area (Å²) in [5.41, 5.74) is 1.19. The third-order valence-electron chi connectivity index (χ3n) is 5.66. The maximum atomic E-state index is 13.4.